The number of carbonyl (C=O) groups excluding carboxylic acids is 1. The van der Waals surface area contributed by atoms with E-state index in [0.29, 0.717) is 17.1 Å². The number of aromatic nitrogens is 1. The van der Waals surface area contributed by atoms with Crippen molar-refractivity contribution in [2.45, 2.75) is 32.1 Å². The molecule has 19 heavy (non-hydrogen) atoms. The van der Waals surface area contributed by atoms with Gasteiger partial charge in [-0.3, -0.25) is 4.79 Å². The van der Waals surface area contributed by atoms with Crippen molar-refractivity contribution in [2.24, 2.45) is 0 Å². The molecule has 0 unspecified atom stereocenters. The molecule has 1 aliphatic rings. The molecule has 0 aromatic carbocycles. The molecular weight excluding hydrogens is 283 g/mol. The number of rotatable bonds is 4. The smallest absolute Gasteiger partial charge is 0.252 e. The molecule has 0 saturated heterocycles. The van der Waals surface area contributed by atoms with Crippen molar-refractivity contribution < 1.29 is 4.79 Å². The maximum absolute atomic E-state index is 11.9. The molecule has 1 N–H and O–H groups in total. The summed E-state index contributed by atoms with van der Waals surface area (Å²) >= 11 is 11.5. The van der Waals surface area contributed by atoms with Gasteiger partial charge in [0.05, 0.1) is 10.6 Å². The van der Waals surface area contributed by atoms with E-state index < -0.39 is 0 Å². The van der Waals surface area contributed by atoms with Crippen molar-refractivity contribution in [3.63, 3.8) is 0 Å². The number of allylic oxidation sites excluding steroid dienone is 1. The molecule has 0 fully saturated rings. The number of nitrogens with one attached hydrogen (secondary N) is 1. The maximum Gasteiger partial charge on any atom is 0.252 e. The second-order valence-corrected chi connectivity index (χ2v) is 5.38. The van der Waals surface area contributed by atoms with Crippen LogP contribution in [-0.4, -0.2) is 17.4 Å². The lowest BCUT2D eigenvalue weighted by Crippen LogP contribution is -2.25. The Morgan fingerprint density at radius 3 is 2.89 bits per heavy atom. The molecule has 1 heterocycles. The molecule has 1 aromatic heterocycles. The largest absolute Gasteiger partial charge is 0.352 e. The summed E-state index contributed by atoms with van der Waals surface area (Å²) in [4.78, 5) is 15.7. The Bertz CT molecular complexity index is 500. The van der Waals surface area contributed by atoms with Crippen molar-refractivity contribution >= 4 is 29.1 Å². The highest BCUT2D eigenvalue weighted by Gasteiger charge is 2.09. The zero-order valence-corrected chi connectivity index (χ0v) is 12.1. The molecular formula is C14H16Cl2N2O. The Labute approximate surface area is 123 Å². The van der Waals surface area contributed by atoms with Crippen LogP contribution in [-0.2, 0) is 0 Å². The van der Waals surface area contributed by atoms with Crippen LogP contribution < -0.4 is 5.32 Å². The van der Waals surface area contributed by atoms with Crippen LogP contribution in [0.25, 0.3) is 0 Å². The molecule has 0 bridgehead atoms. The third-order valence-corrected chi connectivity index (χ3v) is 3.86. The maximum atomic E-state index is 11.9. The van der Waals surface area contributed by atoms with Gasteiger partial charge in [-0.2, -0.15) is 0 Å². The van der Waals surface area contributed by atoms with Crippen molar-refractivity contribution in [3.05, 3.63) is 39.7 Å². The Kier molecular flexibility index (Phi) is 5.23. The van der Waals surface area contributed by atoms with Crippen molar-refractivity contribution in [1.29, 1.82) is 0 Å². The molecule has 3 nitrogen and oxygen atoms in total. The van der Waals surface area contributed by atoms with Crippen LogP contribution in [0.15, 0.2) is 23.9 Å². The molecule has 0 spiro atoms. The number of pyridine rings is 1. The zero-order chi connectivity index (χ0) is 13.7. The van der Waals surface area contributed by atoms with Gasteiger partial charge in [0, 0.05) is 12.7 Å². The molecule has 0 aliphatic heterocycles. The standard InChI is InChI=1S/C14H16Cl2N2O/c15-12-8-11(9-18-13(12)16)14(19)17-7-6-10-4-2-1-3-5-10/h4,8-9H,1-3,5-7H2,(H,17,19). The van der Waals surface area contributed by atoms with E-state index in [-0.39, 0.29) is 11.1 Å². The van der Waals surface area contributed by atoms with Gasteiger partial charge in [-0.05, 0) is 38.2 Å². The summed E-state index contributed by atoms with van der Waals surface area (Å²) in [5, 5.41) is 3.38. The molecule has 2 rings (SSSR count). The minimum Gasteiger partial charge on any atom is -0.352 e. The average Bonchev–Trinajstić information content (AvgIpc) is 2.43. The van der Waals surface area contributed by atoms with Crippen LogP contribution in [0.2, 0.25) is 10.2 Å². The second-order valence-electron chi connectivity index (χ2n) is 4.61. The number of hydrogen-bond donors (Lipinski definition) is 1. The highest BCUT2D eigenvalue weighted by atomic mass is 35.5. The lowest BCUT2D eigenvalue weighted by atomic mass is 9.97. The van der Waals surface area contributed by atoms with Crippen molar-refractivity contribution in [1.82, 2.24) is 10.3 Å². The van der Waals surface area contributed by atoms with E-state index in [4.69, 9.17) is 23.2 Å². The van der Waals surface area contributed by atoms with E-state index in [2.05, 4.69) is 16.4 Å². The summed E-state index contributed by atoms with van der Waals surface area (Å²) in [6, 6.07) is 1.53. The molecule has 1 amide bonds. The van der Waals surface area contributed by atoms with Crippen LogP contribution in [0.5, 0.6) is 0 Å². The summed E-state index contributed by atoms with van der Waals surface area (Å²) < 4.78 is 0. The number of nitrogens with zero attached hydrogens (tertiary/aromatic N) is 1. The quantitative estimate of drug-likeness (QED) is 0.674. The van der Waals surface area contributed by atoms with Crippen LogP contribution in [0.3, 0.4) is 0 Å². The molecule has 0 radical (unpaired) electrons. The summed E-state index contributed by atoms with van der Waals surface area (Å²) in [5.74, 6) is -0.164. The van der Waals surface area contributed by atoms with Crippen LogP contribution in [0.1, 0.15) is 42.5 Å². The van der Waals surface area contributed by atoms with Crippen molar-refractivity contribution in [2.75, 3.05) is 6.54 Å². The first-order valence-electron chi connectivity index (χ1n) is 6.44. The van der Waals surface area contributed by atoms with E-state index in [1.165, 1.54) is 37.1 Å². The first-order valence-corrected chi connectivity index (χ1v) is 7.19. The van der Waals surface area contributed by atoms with E-state index in [1.807, 2.05) is 0 Å². The highest BCUT2D eigenvalue weighted by molar-refractivity contribution is 6.41. The minimum atomic E-state index is -0.164. The van der Waals surface area contributed by atoms with Crippen LogP contribution in [0.4, 0.5) is 0 Å². The van der Waals surface area contributed by atoms with Gasteiger partial charge in [0.2, 0.25) is 0 Å². The number of halogens is 2. The third kappa shape index (κ3) is 4.22. The first-order chi connectivity index (χ1) is 9.16. The van der Waals surface area contributed by atoms with Gasteiger partial charge >= 0.3 is 0 Å². The Morgan fingerprint density at radius 1 is 1.37 bits per heavy atom. The second kappa shape index (κ2) is 6.92. The average molecular weight is 299 g/mol. The third-order valence-electron chi connectivity index (χ3n) is 3.18. The Hall–Kier alpha value is -1.06. The molecule has 1 aliphatic carbocycles. The van der Waals surface area contributed by atoms with Gasteiger partial charge < -0.3 is 5.32 Å². The molecule has 0 saturated carbocycles. The van der Waals surface area contributed by atoms with E-state index in [9.17, 15) is 4.79 Å². The lowest BCUT2D eigenvalue weighted by Gasteiger charge is -2.13. The Morgan fingerprint density at radius 2 is 2.21 bits per heavy atom. The lowest BCUT2D eigenvalue weighted by molar-refractivity contribution is 0.0953. The van der Waals surface area contributed by atoms with Crippen LogP contribution in [0, 0.1) is 0 Å². The van der Waals surface area contributed by atoms with Crippen LogP contribution >= 0.6 is 23.2 Å². The van der Waals surface area contributed by atoms with Gasteiger partial charge in [-0.1, -0.05) is 34.9 Å². The highest BCUT2D eigenvalue weighted by Crippen LogP contribution is 2.20. The van der Waals surface area contributed by atoms with E-state index in [1.54, 1.807) is 0 Å². The van der Waals surface area contributed by atoms with Gasteiger partial charge in [-0.25, -0.2) is 4.98 Å². The summed E-state index contributed by atoms with van der Waals surface area (Å²) in [6.45, 7) is 0.644. The van der Waals surface area contributed by atoms with Gasteiger partial charge in [0.25, 0.3) is 5.91 Å². The fourth-order valence-corrected chi connectivity index (χ4v) is 2.39. The fraction of sp³-hybridized carbons (Fsp3) is 0.429. The monoisotopic (exact) mass is 298 g/mol. The Balaban J connectivity index is 1.83. The van der Waals surface area contributed by atoms with Gasteiger partial charge in [-0.15, -0.1) is 0 Å². The topological polar surface area (TPSA) is 42.0 Å². The predicted molar refractivity (Wildman–Crippen MR) is 77.8 cm³/mol. The number of carbonyl (C=O) groups is 1. The summed E-state index contributed by atoms with van der Waals surface area (Å²) in [6.07, 6.45) is 9.51. The van der Waals surface area contributed by atoms with E-state index >= 15 is 0 Å². The SMILES string of the molecule is O=C(NCCC1=CCCCC1)c1cnc(Cl)c(Cl)c1. The summed E-state index contributed by atoms with van der Waals surface area (Å²) in [7, 11) is 0. The first kappa shape index (κ1) is 14.4. The molecule has 5 heteroatoms. The van der Waals surface area contributed by atoms with Gasteiger partial charge in [0.15, 0.2) is 0 Å². The predicted octanol–water partition coefficient (Wildman–Crippen LogP) is 4.01. The summed E-state index contributed by atoms with van der Waals surface area (Å²) in [5.41, 5.74) is 1.88. The normalized spacial score (nSPS) is 14.9. The van der Waals surface area contributed by atoms with Crippen molar-refractivity contribution in [3.8, 4) is 0 Å². The fourth-order valence-electron chi connectivity index (χ4n) is 2.12. The number of hydrogen-bond acceptors (Lipinski definition) is 2. The zero-order valence-electron chi connectivity index (χ0n) is 10.6. The van der Waals surface area contributed by atoms with E-state index in [0.717, 1.165) is 12.8 Å². The molecule has 1 aromatic rings. The molecule has 0 atom stereocenters. The van der Waals surface area contributed by atoms with Gasteiger partial charge in [0.1, 0.15) is 5.15 Å². The molecule has 102 valence electrons. The number of amides is 1. The minimum absolute atomic E-state index is 0.164.